The predicted octanol–water partition coefficient (Wildman–Crippen LogP) is 6.38. The molecule has 0 radical (unpaired) electrons. The molecule has 0 unspecified atom stereocenters. The molecule has 0 aromatic carbocycles. The van der Waals surface area contributed by atoms with Crippen molar-refractivity contribution < 1.29 is 18.7 Å². The highest BCUT2D eigenvalue weighted by atomic mass is 16.5. The van der Waals surface area contributed by atoms with Crippen LogP contribution in [0, 0.1) is 0 Å². The van der Waals surface area contributed by atoms with Crippen LogP contribution in [0.4, 0.5) is 0 Å². The van der Waals surface area contributed by atoms with Gasteiger partial charge in [0, 0.05) is 7.05 Å². The first-order chi connectivity index (χ1) is 14.1. The minimum Gasteiger partial charge on any atom is -0.464 e. The van der Waals surface area contributed by atoms with Gasteiger partial charge < -0.3 is 14.1 Å². The highest BCUT2D eigenvalue weighted by Gasteiger charge is 2.17. The van der Waals surface area contributed by atoms with E-state index in [0.717, 1.165) is 12.8 Å². The second-order valence-electron chi connectivity index (χ2n) is 7.96. The number of unbranched alkanes of at least 4 members (excludes halogenated alkanes) is 13. The first-order valence-corrected chi connectivity index (χ1v) is 11.6. The van der Waals surface area contributed by atoms with Crippen LogP contribution in [0.15, 0.2) is 22.8 Å². The van der Waals surface area contributed by atoms with E-state index in [4.69, 9.17) is 9.15 Å². The van der Waals surface area contributed by atoms with Crippen LogP contribution >= 0.6 is 0 Å². The lowest BCUT2D eigenvalue weighted by atomic mass is 10.0. The maximum atomic E-state index is 12.0. The van der Waals surface area contributed by atoms with E-state index in [9.17, 15) is 9.59 Å². The van der Waals surface area contributed by atoms with Crippen LogP contribution in [0.3, 0.4) is 0 Å². The summed E-state index contributed by atoms with van der Waals surface area (Å²) in [6, 6.07) is 3.23. The van der Waals surface area contributed by atoms with Crippen molar-refractivity contribution in [3.8, 4) is 0 Å². The van der Waals surface area contributed by atoms with Crippen LogP contribution in [-0.2, 0) is 9.53 Å². The van der Waals surface area contributed by atoms with E-state index in [2.05, 4.69) is 6.92 Å². The summed E-state index contributed by atoms with van der Waals surface area (Å²) >= 11 is 0. The van der Waals surface area contributed by atoms with Crippen LogP contribution < -0.4 is 0 Å². The van der Waals surface area contributed by atoms with Crippen LogP contribution in [0.25, 0.3) is 0 Å². The number of ether oxygens (including phenoxy) is 1. The molecule has 1 aromatic heterocycles. The summed E-state index contributed by atoms with van der Waals surface area (Å²) in [7, 11) is 1.57. The van der Waals surface area contributed by atoms with E-state index in [1.54, 1.807) is 19.2 Å². The van der Waals surface area contributed by atoms with Crippen LogP contribution in [-0.4, -0.2) is 37.0 Å². The number of amides is 1. The Morgan fingerprint density at radius 1 is 0.862 bits per heavy atom. The zero-order chi connectivity index (χ0) is 21.2. The van der Waals surface area contributed by atoms with Crippen molar-refractivity contribution in [2.45, 2.75) is 96.8 Å². The molecule has 1 amide bonds. The molecule has 0 atom stereocenters. The number of carbonyl (C=O) groups excluding carboxylic acids is 2. The van der Waals surface area contributed by atoms with Crippen molar-refractivity contribution in [2.24, 2.45) is 0 Å². The molecular weight excluding hydrogens is 366 g/mol. The number of hydrogen-bond acceptors (Lipinski definition) is 4. The number of esters is 1. The third-order valence-corrected chi connectivity index (χ3v) is 5.21. The first-order valence-electron chi connectivity index (χ1n) is 11.6. The van der Waals surface area contributed by atoms with Gasteiger partial charge in [-0.25, -0.2) is 0 Å². The molecule has 0 aliphatic carbocycles. The molecule has 166 valence electrons. The minimum absolute atomic E-state index is 0.0574. The molecule has 1 heterocycles. The Morgan fingerprint density at radius 2 is 1.38 bits per heavy atom. The summed E-state index contributed by atoms with van der Waals surface area (Å²) in [4.78, 5) is 25.1. The Kier molecular flexibility index (Phi) is 14.9. The monoisotopic (exact) mass is 407 g/mol. The van der Waals surface area contributed by atoms with E-state index < -0.39 is 0 Å². The summed E-state index contributed by atoms with van der Waals surface area (Å²) < 4.78 is 10.3. The molecule has 29 heavy (non-hydrogen) atoms. The first kappa shape index (κ1) is 25.3. The number of hydrogen-bond donors (Lipinski definition) is 0. The van der Waals surface area contributed by atoms with Crippen molar-refractivity contribution in [2.75, 3.05) is 20.2 Å². The smallest absolute Gasteiger partial charge is 0.325 e. The zero-order valence-corrected chi connectivity index (χ0v) is 18.6. The Balaban J connectivity index is 1.85. The number of furan rings is 1. The lowest BCUT2D eigenvalue weighted by molar-refractivity contribution is -0.144. The van der Waals surface area contributed by atoms with Gasteiger partial charge in [0.15, 0.2) is 5.76 Å². The Morgan fingerprint density at radius 3 is 1.86 bits per heavy atom. The molecule has 5 heteroatoms. The maximum absolute atomic E-state index is 12.0. The molecule has 0 saturated heterocycles. The van der Waals surface area contributed by atoms with Crippen molar-refractivity contribution in [1.82, 2.24) is 4.90 Å². The second kappa shape index (κ2) is 17.1. The molecule has 5 nitrogen and oxygen atoms in total. The van der Waals surface area contributed by atoms with E-state index in [-0.39, 0.29) is 24.2 Å². The fraction of sp³-hybridized carbons (Fsp3) is 0.750. The van der Waals surface area contributed by atoms with Crippen molar-refractivity contribution in [1.29, 1.82) is 0 Å². The molecule has 0 saturated carbocycles. The number of nitrogens with zero attached hydrogens (tertiary/aromatic N) is 1. The average molecular weight is 408 g/mol. The molecule has 1 rings (SSSR count). The van der Waals surface area contributed by atoms with Gasteiger partial charge in [0.05, 0.1) is 12.9 Å². The summed E-state index contributed by atoms with van der Waals surface area (Å²) in [5.41, 5.74) is 0. The van der Waals surface area contributed by atoms with Crippen molar-refractivity contribution in [3.05, 3.63) is 24.2 Å². The lowest BCUT2D eigenvalue weighted by Gasteiger charge is -2.14. The second-order valence-corrected chi connectivity index (χ2v) is 7.96. The normalized spacial score (nSPS) is 10.8. The van der Waals surface area contributed by atoms with E-state index in [0.29, 0.717) is 6.61 Å². The fourth-order valence-corrected chi connectivity index (χ4v) is 3.38. The molecule has 0 N–H and O–H groups in total. The van der Waals surface area contributed by atoms with Gasteiger partial charge in [-0.3, -0.25) is 9.59 Å². The highest BCUT2D eigenvalue weighted by molar-refractivity contribution is 5.93. The average Bonchev–Trinajstić information content (AvgIpc) is 3.25. The van der Waals surface area contributed by atoms with Gasteiger partial charge in [0.25, 0.3) is 5.91 Å². The standard InChI is InChI=1S/C24H41NO4/c1-3-4-5-6-7-8-9-10-11-12-13-14-15-16-19-29-23(26)21-25(2)24(27)22-18-17-20-28-22/h17-18,20H,3-16,19,21H2,1-2H3. The molecule has 0 bridgehead atoms. The SMILES string of the molecule is CCCCCCCCCCCCCCCCOC(=O)CN(C)C(=O)c1ccco1. The molecule has 0 spiro atoms. The van der Waals surface area contributed by atoms with Gasteiger partial charge >= 0.3 is 5.97 Å². The van der Waals surface area contributed by atoms with Gasteiger partial charge in [-0.2, -0.15) is 0 Å². The van der Waals surface area contributed by atoms with Gasteiger partial charge in [-0.1, -0.05) is 90.4 Å². The van der Waals surface area contributed by atoms with E-state index in [1.165, 1.54) is 88.2 Å². The van der Waals surface area contributed by atoms with Crippen LogP contribution in [0.2, 0.25) is 0 Å². The minimum atomic E-state index is -0.373. The molecule has 1 aromatic rings. The Hall–Kier alpha value is -1.78. The molecular formula is C24H41NO4. The largest absolute Gasteiger partial charge is 0.464 e. The van der Waals surface area contributed by atoms with E-state index >= 15 is 0 Å². The van der Waals surface area contributed by atoms with Crippen LogP contribution in [0.1, 0.15) is 107 Å². The van der Waals surface area contributed by atoms with Gasteiger partial charge in [-0.15, -0.1) is 0 Å². The highest BCUT2D eigenvalue weighted by Crippen LogP contribution is 2.13. The van der Waals surface area contributed by atoms with Crippen molar-refractivity contribution in [3.63, 3.8) is 0 Å². The molecule has 0 aliphatic rings. The molecule has 0 fully saturated rings. The van der Waals surface area contributed by atoms with Crippen molar-refractivity contribution >= 4 is 11.9 Å². The summed E-state index contributed by atoms with van der Waals surface area (Å²) in [5.74, 6) is -0.460. The quantitative estimate of drug-likeness (QED) is 0.209. The summed E-state index contributed by atoms with van der Waals surface area (Å²) in [5, 5.41) is 0. The van der Waals surface area contributed by atoms with E-state index in [1.807, 2.05) is 0 Å². The zero-order valence-electron chi connectivity index (χ0n) is 18.6. The maximum Gasteiger partial charge on any atom is 0.325 e. The topological polar surface area (TPSA) is 59.8 Å². The number of rotatable bonds is 18. The summed E-state index contributed by atoms with van der Waals surface area (Å²) in [6.07, 6.45) is 19.7. The molecule has 0 aliphatic heterocycles. The number of likely N-dealkylation sites (N-methyl/N-ethyl adjacent to an activating group) is 1. The van der Waals surface area contributed by atoms with Crippen LogP contribution in [0.5, 0.6) is 0 Å². The predicted molar refractivity (Wildman–Crippen MR) is 117 cm³/mol. The van der Waals surface area contributed by atoms with Gasteiger partial charge in [0.2, 0.25) is 0 Å². The Bertz CT molecular complexity index is 527. The Labute approximate surface area is 177 Å². The third-order valence-electron chi connectivity index (χ3n) is 5.21. The van der Waals surface area contributed by atoms with Gasteiger partial charge in [0.1, 0.15) is 6.54 Å². The number of carbonyl (C=O) groups is 2. The fourth-order valence-electron chi connectivity index (χ4n) is 3.38. The third kappa shape index (κ3) is 13.1. The summed E-state index contributed by atoms with van der Waals surface area (Å²) in [6.45, 7) is 2.64. The lowest BCUT2D eigenvalue weighted by Crippen LogP contribution is -2.32. The van der Waals surface area contributed by atoms with Gasteiger partial charge in [-0.05, 0) is 18.6 Å².